The van der Waals surface area contributed by atoms with Gasteiger partial charge in [-0.3, -0.25) is 13.9 Å². The zero-order valence-electron chi connectivity index (χ0n) is 10.8. The van der Waals surface area contributed by atoms with E-state index in [1.807, 2.05) is 0 Å². The molecule has 0 atom stereocenters. The minimum atomic E-state index is -0.474. The summed E-state index contributed by atoms with van der Waals surface area (Å²) in [4.78, 5) is 23.8. The lowest BCUT2D eigenvalue weighted by molar-refractivity contribution is 0.598. The first-order chi connectivity index (χ1) is 9.58. The van der Waals surface area contributed by atoms with Gasteiger partial charge in [0.25, 0.3) is 5.56 Å². The Balaban J connectivity index is 2.58. The molecule has 0 spiro atoms. The van der Waals surface area contributed by atoms with Crippen molar-refractivity contribution in [3.8, 4) is 6.07 Å². The van der Waals surface area contributed by atoms with Crippen LogP contribution in [0.2, 0.25) is 5.15 Å². The molecule has 0 bridgehead atoms. The van der Waals surface area contributed by atoms with E-state index in [9.17, 15) is 9.59 Å². The van der Waals surface area contributed by atoms with Crippen LogP contribution in [0.25, 0.3) is 0 Å². The van der Waals surface area contributed by atoms with Crippen molar-refractivity contribution in [1.82, 2.24) is 9.13 Å². The van der Waals surface area contributed by atoms with Gasteiger partial charge in [-0.25, -0.2) is 4.79 Å². The molecule has 0 fully saturated rings. The maximum Gasteiger partial charge on any atom is 0.332 e. The van der Waals surface area contributed by atoms with Crippen LogP contribution in [0.15, 0.2) is 39.9 Å². The van der Waals surface area contributed by atoms with Crippen molar-refractivity contribution < 1.29 is 0 Å². The molecule has 0 saturated carbocycles. The number of nitriles is 1. The highest BCUT2D eigenvalue weighted by atomic mass is 35.5. The van der Waals surface area contributed by atoms with Crippen LogP contribution < -0.4 is 11.2 Å². The number of hydrogen-bond donors (Lipinski definition) is 0. The first kappa shape index (κ1) is 14.1. The average Bonchev–Trinajstić information content (AvgIpc) is 2.44. The van der Waals surface area contributed by atoms with E-state index in [2.05, 4.69) is 6.07 Å². The smallest absolute Gasteiger partial charge is 0.279 e. The molecule has 0 amide bonds. The molecule has 0 aliphatic carbocycles. The zero-order valence-corrected chi connectivity index (χ0v) is 11.6. The van der Waals surface area contributed by atoms with Crippen LogP contribution in [0.1, 0.15) is 18.1 Å². The van der Waals surface area contributed by atoms with Gasteiger partial charge in [0, 0.05) is 12.6 Å². The van der Waals surface area contributed by atoms with E-state index < -0.39 is 11.2 Å². The second-order valence-electron chi connectivity index (χ2n) is 4.19. The van der Waals surface area contributed by atoms with Crippen LogP contribution in [0.3, 0.4) is 0 Å². The second kappa shape index (κ2) is 5.76. The molecular weight excluding hydrogens is 278 g/mol. The summed E-state index contributed by atoms with van der Waals surface area (Å²) in [6.07, 6.45) is 0. The molecule has 20 heavy (non-hydrogen) atoms. The third-order valence-corrected chi connectivity index (χ3v) is 3.32. The standard InChI is InChI=1S/C14H12ClN3O2/c1-2-17-13(19)7-12(15)18(14(17)20)9-11-6-4-3-5-10(11)8-16/h3-7H,2,9H2,1H3. The van der Waals surface area contributed by atoms with Crippen molar-refractivity contribution in [2.24, 2.45) is 0 Å². The third-order valence-electron chi connectivity index (χ3n) is 3.01. The molecule has 0 unspecified atom stereocenters. The molecule has 6 heteroatoms. The minimum absolute atomic E-state index is 0.0671. The Morgan fingerprint density at radius 3 is 2.60 bits per heavy atom. The lowest BCUT2D eigenvalue weighted by Crippen LogP contribution is -2.39. The highest BCUT2D eigenvalue weighted by Gasteiger charge is 2.11. The fraction of sp³-hybridized carbons (Fsp3) is 0.214. The normalized spacial score (nSPS) is 10.2. The summed E-state index contributed by atoms with van der Waals surface area (Å²) in [5, 5.41) is 9.12. The van der Waals surface area contributed by atoms with Crippen molar-refractivity contribution in [2.45, 2.75) is 20.0 Å². The Morgan fingerprint density at radius 2 is 1.95 bits per heavy atom. The molecule has 2 aromatic rings. The Kier molecular flexibility index (Phi) is 4.06. The molecule has 102 valence electrons. The average molecular weight is 290 g/mol. The predicted octanol–water partition coefficient (Wildman–Crippen LogP) is 1.60. The number of nitrogens with zero attached hydrogens (tertiary/aromatic N) is 3. The number of hydrogen-bond acceptors (Lipinski definition) is 3. The first-order valence-electron chi connectivity index (χ1n) is 6.06. The molecule has 0 N–H and O–H groups in total. The summed E-state index contributed by atoms with van der Waals surface area (Å²) in [7, 11) is 0. The fourth-order valence-corrected chi connectivity index (χ4v) is 2.19. The Bertz CT molecular complexity index is 799. The summed E-state index contributed by atoms with van der Waals surface area (Å²) in [6, 6.07) is 10.2. The van der Waals surface area contributed by atoms with Gasteiger partial charge in [-0.15, -0.1) is 0 Å². The summed E-state index contributed by atoms with van der Waals surface area (Å²) in [5.41, 5.74) is 0.259. The van der Waals surface area contributed by atoms with Crippen LogP contribution in [-0.4, -0.2) is 9.13 Å². The van der Waals surface area contributed by atoms with Crippen LogP contribution in [0.4, 0.5) is 0 Å². The van der Waals surface area contributed by atoms with E-state index in [0.717, 1.165) is 4.57 Å². The van der Waals surface area contributed by atoms with E-state index in [0.29, 0.717) is 11.1 Å². The monoisotopic (exact) mass is 289 g/mol. The topological polar surface area (TPSA) is 67.8 Å². The van der Waals surface area contributed by atoms with Crippen LogP contribution in [0.5, 0.6) is 0 Å². The molecule has 0 aliphatic heterocycles. The maximum absolute atomic E-state index is 12.2. The van der Waals surface area contributed by atoms with Crippen molar-refractivity contribution in [2.75, 3.05) is 0 Å². The Hall–Kier alpha value is -2.32. The molecule has 5 nitrogen and oxygen atoms in total. The summed E-state index contributed by atoms with van der Waals surface area (Å²) in [6.45, 7) is 2.14. The molecule has 0 aliphatic rings. The number of rotatable bonds is 3. The van der Waals surface area contributed by atoms with Crippen LogP contribution >= 0.6 is 11.6 Å². The van der Waals surface area contributed by atoms with Gasteiger partial charge in [0.15, 0.2) is 0 Å². The van der Waals surface area contributed by atoms with Gasteiger partial charge in [0.2, 0.25) is 0 Å². The van der Waals surface area contributed by atoms with Crippen molar-refractivity contribution in [3.63, 3.8) is 0 Å². The number of aromatic nitrogens is 2. The SMILES string of the molecule is CCn1c(=O)cc(Cl)n(Cc2ccccc2C#N)c1=O. The van der Waals surface area contributed by atoms with E-state index in [1.54, 1.807) is 31.2 Å². The van der Waals surface area contributed by atoms with Gasteiger partial charge in [0.1, 0.15) is 5.15 Å². The molecule has 0 saturated heterocycles. The van der Waals surface area contributed by atoms with E-state index >= 15 is 0 Å². The van der Waals surface area contributed by atoms with E-state index in [4.69, 9.17) is 16.9 Å². The van der Waals surface area contributed by atoms with Gasteiger partial charge in [-0.1, -0.05) is 29.8 Å². The summed E-state index contributed by atoms with van der Waals surface area (Å²) in [5.74, 6) is 0. The second-order valence-corrected chi connectivity index (χ2v) is 4.57. The fourth-order valence-electron chi connectivity index (χ4n) is 1.96. The van der Waals surface area contributed by atoms with Gasteiger partial charge in [-0.05, 0) is 18.6 Å². The van der Waals surface area contributed by atoms with E-state index in [1.165, 1.54) is 10.6 Å². The molecule has 0 radical (unpaired) electrons. The molecular formula is C14H12ClN3O2. The highest BCUT2D eigenvalue weighted by molar-refractivity contribution is 6.29. The van der Waals surface area contributed by atoms with Crippen LogP contribution in [0, 0.1) is 11.3 Å². The summed E-state index contributed by atoms with van der Waals surface area (Å²) >= 11 is 5.98. The largest absolute Gasteiger partial charge is 0.332 e. The molecule has 1 heterocycles. The number of benzene rings is 1. The minimum Gasteiger partial charge on any atom is -0.279 e. The molecule has 2 rings (SSSR count). The number of halogens is 1. The van der Waals surface area contributed by atoms with E-state index in [-0.39, 0.29) is 18.2 Å². The highest BCUT2D eigenvalue weighted by Crippen LogP contribution is 2.11. The van der Waals surface area contributed by atoms with Crippen molar-refractivity contribution in [1.29, 1.82) is 5.26 Å². The first-order valence-corrected chi connectivity index (χ1v) is 6.44. The van der Waals surface area contributed by atoms with Gasteiger partial charge in [0.05, 0.1) is 18.2 Å². The lowest BCUT2D eigenvalue weighted by Gasteiger charge is -2.11. The molecule has 1 aromatic carbocycles. The summed E-state index contributed by atoms with van der Waals surface area (Å²) < 4.78 is 2.38. The Labute approximate surface area is 120 Å². The predicted molar refractivity (Wildman–Crippen MR) is 75.9 cm³/mol. The third kappa shape index (κ3) is 2.51. The lowest BCUT2D eigenvalue weighted by atomic mass is 10.1. The van der Waals surface area contributed by atoms with Gasteiger partial charge in [-0.2, -0.15) is 5.26 Å². The quantitative estimate of drug-likeness (QED) is 0.806. The van der Waals surface area contributed by atoms with Crippen LogP contribution in [-0.2, 0) is 13.1 Å². The van der Waals surface area contributed by atoms with Gasteiger partial charge >= 0.3 is 5.69 Å². The zero-order chi connectivity index (χ0) is 14.7. The van der Waals surface area contributed by atoms with Crippen molar-refractivity contribution >= 4 is 11.6 Å². The molecule has 1 aromatic heterocycles. The Morgan fingerprint density at radius 1 is 1.25 bits per heavy atom. The van der Waals surface area contributed by atoms with Crippen molar-refractivity contribution in [3.05, 3.63) is 67.4 Å². The maximum atomic E-state index is 12.2. The van der Waals surface area contributed by atoms with Gasteiger partial charge < -0.3 is 0 Å².